The maximum absolute atomic E-state index is 12.7. The third-order valence-corrected chi connectivity index (χ3v) is 4.12. The second kappa shape index (κ2) is 5.78. The minimum atomic E-state index is -0.0518. The van der Waals surface area contributed by atoms with E-state index in [9.17, 15) is 9.90 Å². The summed E-state index contributed by atoms with van der Waals surface area (Å²) in [6, 6.07) is -0.0518. The summed E-state index contributed by atoms with van der Waals surface area (Å²) in [7, 11) is 0. The van der Waals surface area contributed by atoms with Crippen LogP contribution in [0.15, 0.2) is 4.42 Å². The van der Waals surface area contributed by atoms with Crippen LogP contribution in [0.4, 0.5) is 0 Å². The predicted molar refractivity (Wildman–Crippen MR) is 73.3 cm³/mol. The van der Waals surface area contributed by atoms with E-state index in [-0.39, 0.29) is 18.6 Å². The van der Waals surface area contributed by atoms with Crippen molar-refractivity contribution < 1.29 is 14.3 Å². The van der Waals surface area contributed by atoms with Gasteiger partial charge in [-0.25, -0.2) is 0 Å². The van der Waals surface area contributed by atoms with Crippen LogP contribution in [0.3, 0.4) is 0 Å². The highest BCUT2D eigenvalue weighted by atomic mass is 16.3. The molecule has 1 aliphatic rings. The first-order valence-corrected chi connectivity index (χ1v) is 7.04. The molecule has 4 nitrogen and oxygen atoms in total. The van der Waals surface area contributed by atoms with Crippen molar-refractivity contribution in [2.45, 2.75) is 52.5 Å². The number of carbonyl (C=O) groups is 1. The summed E-state index contributed by atoms with van der Waals surface area (Å²) < 4.78 is 5.55. The van der Waals surface area contributed by atoms with E-state index in [0.29, 0.717) is 11.3 Å². The smallest absolute Gasteiger partial charge is 0.258 e. The van der Waals surface area contributed by atoms with Crippen LogP contribution in [0, 0.1) is 20.8 Å². The quantitative estimate of drug-likeness (QED) is 0.894. The molecule has 0 saturated carbocycles. The van der Waals surface area contributed by atoms with Crippen LogP contribution in [0.25, 0.3) is 0 Å². The van der Waals surface area contributed by atoms with Crippen molar-refractivity contribution in [2.24, 2.45) is 0 Å². The normalized spacial score (nSPS) is 20.4. The highest BCUT2D eigenvalue weighted by Crippen LogP contribution is 2.25. The molecule has 1 aromatic rings. The molecule has 0 radical (unpaired) electrons. The molecule has 1 aliphatic heterocycles. The van der Waals surface area contributed by atoms with Gasteiger partial charge >= 0.3 is 0 Å². The van der Waals surface area contributed by atoms with Gasteiger partial charge in [-0.05, 0) is 33.6 Å². The summed E-state index contributed by atoms with van der Waals surface area (Å²) in [6.45, 7) is 6.41. The molecule has 1 amide bonds. The molecular weight excluding hydrogens is 242 g/mol. The second-order valence-corrected chi connectivity index (χ2v) is 5.40. The Morgan fingerprint density at radius 1 is 1.26 bits per heavy atom. The number of nitrogens with zero attached hydrogens (tertiary/aromatic N) is 1. The third kappa shape index (κ3) is 2.68. The fourth-order valence-electron chi connectivity index (χ4n) is 2.89. The number of hydrogen-bond donors (Lipinski definition) is 1. The van der Waals surface area contributed by atoms with Gasteiger partial charge in [-0.1, -0.05) is 12.8 Å². The number of furan rings is 1. The summed E-state index contributed by atoms with van der Waals surface area (Å²) in [4.78, 5) is 14.6. The Morgan fingerprint density at radius 2 is 2.00 bits per heavy atom. The van der Waals surface area contributed by atoms with E-state index in [1.54, 1.807) is 0 Å². The summed E-state index contributed by atoms with van der Waals surface area (Å²) >= 11 is 0. The predicted octanol–water partition coefficient (Wildman–Crippen LogP) is 2.58. The van der Waals surface area contributed by atoms with Gasteiger partial charge in [0.15, 0.2) is 0 Å². The molecule has 1 atom stereocenters. The van der Waals surface area contributed by atoms with Crippen LogP contribution >= 0.6 is 0 Å². The number of aliphatic hydroxyl groups is 1. The monoisotopic (exact) mass is 265 g/mol. The van der Waals surface area contributed by atoms with Crippen molar-refractivity contribution in [2.75, 3.05) is 13.2 Å². The zero-order chi connectivity index (χ0) is 14.0. The molecule has 0 aromatic carbocycles. The standard InChI is InChI=1S/C15H23NO3/c1-10-11(2)19-12(3)14(10)15(18)16-8-6-4-5-7-13(16)9-17/h13,17H,4-9H2,1-3H3. The van der Waals surface area contributed by atoms with Crippen molar-refractivity contribution in [1.29, 1.82) is 0 Å². The van der Waals surface area contributed by atoms with Gasteiger partial charge in [0.05, 0.1) is 18.2 Å². The van der Waals surface area contributed by atoms with Gasteiger partial charge in [0, 0.05) is 12.1 Å². The molecular formula is C15H23NO3. The lowest BCUT2D eigenvalue weighted by atomic mass is 10.1. The van der Waals surface area contributed by atoms with E-state index < -0.39 is 0 Å². The lowest BCUT2D eigenvalue weighted by molar-refractivity contribution is 0.0597. The maximum atomic E-state index is 12.7. The Bertz CT molecular complexity index is 464. The van der Waals surface area contributed by atoms with Crippen molar-refractivity contribution in [3.63, 3.8) is 0 Å². The van der Waals surface area contributed by atoms with Crippen molar-refractivity contribution in [3.05, 3.63) is 22.6 Å². The van der Waals surface area contributed by atoms with Gasteiger partial charge in [-0.2, -0.15) is 0 Å². The van der Waals surface area contributed by atoms with Gasteiger partial charge in [-0.3, -0.25) is 4.79 Å². The Morgan fingerprint density at radius 3 is 2.58 bits per heavy atom. The Hall–Kier alpha value is -1.29. The molecule has 1 N–H and O–H groups in total. The number of likely N-dealkylation sites (tertiary alicyclic amines) is 1. The van der Waals surface area contributed by atoms with Gasteiger partial charge in [-0.15, -0.1) is 0 Å². The molecule has 1 unspecified atom stereocenters. The largest absolute Gasteiger partial charge is 0.466 e. The molecule has 2 heterocycles. The molecule has 19 heavy (non-hydrogen) atoms. The number of aryl methyl sites for hydroxylation is 2. The summed E-state index contributed by atoms with van der Waals surface area (Å²) in [5.74, 6) is 1.49. The Balaban J connectivity index is 2.30. The second-order valence-electron chi connectivity index (χ2n) is 5.40. The number of carbonyl (C=O) groups excluding carboxylic acids is 1. The first-order valence-electron chi connectivity index (χ1n) is 7.04. The number of aliphatic hydroxyl groups excluding tert-OH is 1. The van der Waals surface area contributed by atoms with Crippen molar-refractivity contribution in [3.8, 4) is 0 Å². The van der Waals surface area contributed by atoms with E-state index in [2.05, 4.69) is 0 Å². The third-order valence-electron chi connectivity index (χ3n) is 4.12. The number of amides is 1. The Labute approximate surface area is 114 Å². The fraction of sp³-hybridized carbons (Fsp3) is 0.667. The van der Waals surface area contributed by atoms with Crippen LogP contribution in [0.5, 0.6) is 0 Å². The highest BCUT2D eigenvalue weighted by Gasteiger charge is 2.29. The van der Waals surface area contributed by atoms with Crippen LogP contribution in [0.1, 0.15) is 53.1 Å². The molecule has 0 spiro atoms. The average molecular weight is 265 g/mol. The molecule has 4 heteroatoms. The fourth-order valence-corrected chi connectivity index (χ4v) is 2.89. The zero-order valence-electron chi connectivity index (χ0n) is 12.0. The van der Waals surface area contributed by atoms with E-state index in [1.165, 1.54) is 0 Å². The van der Waals surface area contributed by atoms with Crippen molar-refractivity contribution in [1.82, 2.24) is 4.90 Å². The van der Waals surface area contributed by atoms with Crippen LogP contribution in [-0.2, 0) is 0 Å². The van der Waals surface area contributed by atoms with E-state index in [4.69, 9.17) is 4.42 Å². The van der Waals surface area contributed by atoms with Crippen LogP contribution in [-0.4, -0.2) is 35.1 Å². The lowest BCUT2D eigenvalue weighted by Crippen LogP contribution is -2.42. The maximum Gasteiger partial charge on any atom is 0.258 e. The van der Waals surface area contributed by atoms with Gasteiger partial charge < -0.3 is 14.4 Å². The van der Waals surface area contributed by atoms with E-state index in [1.807, 2.05) is 25.7 Å². The molecule has 1 fully saturated rings. The molecule has 0 bridgehead atoms. The van der Waals surface area contributed by atoms with Crippen LogP contribution in [0.2, 0.25) is 0 Å². The lowest BCUT2D eigenvalue weighted by Gasteiger charge is -2.28. The number of hydrogen-bond acceptors (Lipinski definition) is 3. The SMILES string of the molecule is Cc1oc(C)c(C(=O)N2CCCCCC2CO)c1C. The molecule has 106 valence electrons. The summed E-state index contributed by atoms with van der Waals surface area (Å²) in [5, 5.41) is 9.51. The summed E-state index contributed by atoms with van der Waals surface area (Å²) in [5.41, 5.74) is 1.60. The highest BCUT2D eigenvalue weighted by molar-refractivity contribution is 5.97. The van der Waals surface area contributed by atoms with Gasteiger partial charge in [0.25, 0.3) is 5.91 Å². The molecule has 1 aromatic heterocycles. The minimum absolute atomic E-state index is 0.00722. The molecule has 2 rings (SSSR count). The van der Waals surface area contributed by atoms with E-state index >= 15 is 0 Å². The summed E-state index contributed by atoms with van der Waals surface area (Å²) in [6.07, 6.45) is 4.11. The molecule has 0 aliphatic carbocycles. The van der Waals surface area contributed by atoms with Gasteiger partial charge in [0.1, 0.15) is 11.5 Å². The minimum Gasteiger partial charge on any atom is -0.466 e. The van der Waals surface area contributed by atoms with E-state index in [0.717, 1.165) is 43.6 Å². The van der Waals surface area contributed by atoms with Crippen LogP contribution < -0.4 is 0 Å². The molecule has 1 saturated heterocycles. The average Bonchev–Trinajstić information content (AvgIpc) is 2.60. The first-order chi connectivity index (χ1) is 9.06. The topological polar surface area (TPSA) is 53.7 Å². The zero-order valence-corrected chi connectivity index (χ0v) is 12.0. The van der Waals surface area contributed by atoms with Crippen molar-refractivity contribution >= 4 is 5.91 Å². The first kappa shape index (κ1) is 14.1. The van der Waals surface area contributed by atoms with Gasteiger partial charge in [0.2, 0.25) is 0 Å². The number of rotatable bonds is 2. The Kier molecular flexibility index (Phi) is 4.30.